The van der Waals surface area contributed by atoms with Crippen LogP contribution in [-0.4, -0.2) is 9.97 Å². The molecule has 0 aliphatic rings. The van der Waals surface area contributed by atoms with E-state index in [-0.39, 0.29) is 0 Å². The second-order valence-corrected chi connectivity index (χ2v) is 6.09. The molecule has 90 valence electrons. The second-order valence-electron chi connectivity index (χ2n) is 3.59. The van der Waals surface area contributed by atoms with Crippen molar-refractivity contribution in [1.82, 2.24) is 9.97 Å². The van der Waals surface area contributed by atoms with Crippen LogP contribution in [0.2, 0.25) is 5.15 Å². The van der Waals surface area contributed by atoms with Gasteiger partial charge in [-0.1, -0.05) is 11.6 Å². The van der Waals surface area contributed by atoms with Gasteiger partial charge in [0.2, 0.25) is 0 Å². The van der Waals surface area contributed by atoms with E-state index >= 15 is 0 Å². The van der Waals surface area contributed by atoms with Gasteiger partial charge in [-0.3, -0.25) is 0 Å². The van der Waals surface area contributed by atoms with Crippen molar-refractivity contribution in [2.24, 2.45) is 0 Å². The molecular weight excluding hydrogens is 322 g/mol. The van der Waals surface area contributed by atoms with Crippen molar-refractivity contribution in [1.29, 1.82) is 0 Å². The summed E-state index contributed by atoms with van der Waals surface area (Å²) in [7, 11) is 0. The fourth-order valence-corrected chi connectivity index (χ4v) is 2.77. The van der Waals surface area contributed by atoms with E-state index in [0.29, 0.717) is 5.15 Å². The summed E-state index contributed by atoms with van der Waals surface area (Å²) in [6, 6.07) is 1.92. The molecular formula is C11H11BrClN3S. The van der Waals surface area contributed by atoms with Crippen molar-refractivity contribution in [3.05, 3.63) is 37.5 Å². The van der Waals surface area contributed by atoms with Gasteiger partial charge < -0.3 is 5.32 Å². The maximum Gasteiger partial charge on any atom is 0.143 e. The van der Waals surface area contributed by atoms with E-state index in [2.05, 4.69) is 31.2 Å². The van der Waals surface area contributed by atoms with Gasteiger partial charge in [-0.15, -0.1) is 11.3 Å². The highest BCUT2D eigenvalue weighted by Crippen LogP contribution is 2.24. The second kappa shape index (κ2) is 5.33. The number of hydrogen-bond acceptors (Lipinski definition) is 4. The number of nitrogens with one attached hydrogen (secondary N) is 1. The Bertz CT molecular complexity index is 542. The molecule has 2 aromatic heterocycles. The average Bonchev–Trinajstić information content (AvgIpc) is 2.59. The zero-order valence-corrected chi connectivity index (χ0v) is 12.6. The number of thiazole rings is 1. The van der Waals surface area contributed by atoms with Crippen LogP contribution in [0.3, 0.4) is 0 Å². The van der Waals surface area contributed by atoms with Gasteiger partial charge in [0, 0.05) is 4.88 Å². The van der Waals surface area contributed by atoms with Crippen molar-refractivity contribution in [2.75, 3.05) is 5.32 Å². The Balaban J connectivity index is 2.07. The third kappa shape index (κ3) is 3.18. The van der Waals surface area contributed by atoms with Crippen LogP contribution >= 0.6 is 38.9 Å². The molecule has 2 rings (SSSR count). The molecule has 2 aromatic rings. The Hall–Kier alpha value is -0.650. The largest absolute Gasteiger partial charge is 0.379 e. The number of hydrogen-bond donors (Lipinski definition) is 1. The Kier molecular flexibility index (Phi) is 4.01. The van der Waals surface area contributed by atoms with Crippen LogP contribution < -0.4 is 5.32 Å². The Labute approximate surface area is 117 Å². The van der Waals surface area contributed by atoms with Gasteiger partial charge in [0.15, 0.2) is 0 Å². The number of nitrogens with zero attached hydrogens (tertiary/aromatic N) is 2. The molecule has 17 heavy (non-hydrogen) atoms. The third-order valence-corrected chi connectivity index (χ3v) is 4.46. The molecule has 0 saturated heterocycles. The van der Waals surface area contributed by atoms with E-state index in [4.69, 9.17) is 11.6 Å². The minimum atomic E-state index is 0.473. The third-order valence-electron chi connectivity index (χ3n) is 2.25. The zero-order valence-electron chi connectivity index (χ0n) is 9.42. The van der Waals surface area contributed by atoms with E-state index in [1.54, 1.807) is 17.5 Å². The van der Waals surface area contributed by atoms with Gasteiger partial charge >= 0.3 is 0 Å². The van der Waals surface area contributed by atoms with Crippen molar-refractivity contribution in [3.8, 4) is 0 Å². The molecule has 0 saturated carbocycles. The molecule has 0 unspecified atom stereocenters. The molecule has 2 heterocycles. The highest BCUT2D eigenvalue weighted by Gasteiger charge is 2.05. The topological polar surface area (TPSA) is 37.8 Å². The standard InChI is InChI=1S/C11H11BrClN3S/c1-6-10(17-7(2)16-6)5-14-8-3-9(12)11(13)15-4-8/h3-4,14H,5H2,1-2H3. The number of aryl methyl sites for hydroxylation is 2. The monoisotopic (exact) mass is 331 g/mol. The first kappa shape index (κ1) is 12.8. The molecule has 1 N–H and O–H groups in total. The first-order valence-corrected chi connectivity index (χ1v) is 7.03. The van der Waals surface area contributed by atoms with Gasteiger partial charge in [0.1, 0.15) is 5.15 Å². The number of anilines is 1. The molecule has 6 heteroatoms. The lowest BCUT2D eigenvalue weighted by Crippen LogP contribution is -1.99. The van der Waals surface area contributed by atoms with E-state index < -0.39 is 0 Å². The lowest BCUT2D eigenvalue weighted by atomic mass is 10.3. The van der Waals surface area contributed by atoms with Crippen LogP contribution in [0.4, 0.5) is 5.69 Å². The summed E-state index contributed by atoms with van der Waals surface area (Å²) in [5.74, 6) is 0. The van der Waals surface area contributed by atoms with Crippen LogP contribution in [0.15, 0.2) is 16.7 Å². The predicted molar refractivity (Wildman–Crippen MR) is 75.9 cm³/mol. The summed E-state index contributed by atoms with van der Waals surface area (Å²) >= 11 is 10.9. The average molecular weight is 333 g/mol. The van der Waals surface area contributed by atoms with Gasteiger partial charge in [0.05, 0.1) is 33.6 Å². The maximum atomic E-state index is 5.83. The summed E-state index contributed by atoms with van der Waals surface area (Å²) in [4.78, 5) is 9.69. The summed E-state index contributed by atoms with van der Waals surface area (Å²) in [6.45, 7) is 4.80. The smallest absolute Gasteiger partial charge is 0.143 e. The summed E-state index contributed by atoms with van der Waals surface area (Å²) < 4.78 is 0.793. The molecule has 0 amide bonds. The Morgan fingerprint density at radius 3 is 2.82 bits per heavy atom. The summed E-state index contributed by atoms with van der Waals surface area (Å²) in [6.07, 6.45) is 1.72. The first-order valence-electron chi connectivity index (χ1n) is 5.04. The van der Waals surface area contributed by atoms with Crippen LogP contribution in [0.1, 0.15) is 15.6 Å². The SMILES string of the molecule is Cc1nc(C)c(CNc2cnc(Cl)c(Br)c2)s1. The van der Waals surface area contributed by atoms with Crippen molar-refractivity contribution in [3.63, 3.8) is 0 Å². The quantitative estimate of drug-likeness (QED) is 0.857. The normalized spacial score (nSPS) is 10.6. The van der Waals surface area contributed by atoms with Crippen molar-refractivity contribution < 1.29 is 0 Å². The Morgan fingerprint density at radius 2 is 2.24 bits per heavy atom. The molecule has 0 spiro atoms. The first-order chi connectivity index (χ1) is 8.06. The Morgan fingerprint density at radius 1 is 1.47 bits per heavy atom. The minimum absolute atomic E-state index is 0.473. The number of pyridine rings is 1. The fourth-order valence-electron chi connectivity index (χ4n) is 1.44. The molecule has 0 atom stereocenters. The summed E-state index contributed by atoms with van der Waals surface area (Å²) in [5.41, 5.74) is 2.02. The van der Waals surface area contributed by atoms with Crippen molar-refractivity contribution in [2.45, 2.75) is 20.4 Å². The molecule has 0 aromatic carbocycles. The number of halogens is 2. The van der Waals surface area contributed by atoms with E-state index in [1.165, 1.54) is 4.88 Å². The fraction of sp³-hybridized carbons (Fsp3) is 0.273. The van der Waals surface area contributed by atoms with Gasteiger partial charge in [-0.2, -0.15) is 0 Å². The van der Waals surface area contributed by atoms with E-state index in [9.17, 15) is 0 Å². The molecule has 0 bridgehead atoms. The van der Waals surface area contributed by atoms with E-state index in [0.717, 1.165) is 27.4 Å². The van der Waals surface area contributed by atoms with Crippen LogP contribution in [0.5, 0.6) is 0 Å². The maximum absolute atomic E-state index is 5.83. The molecule has 0 fully saturated rings. The van der Waals surface area contributed by atoms with Crippen LogP contribution in [0, 0.1) is 13.8 Å². The molecule has 0 radical (unpaired) electrons. The highest BCUT2D eigenvalue weighted by atomic mass is 79.9. The van der Waals surface area contributed by atoms with Gasteiger partial charge in [-0.25, -0.2) is 9.97 Å². The number of aromatic nitrogens is 2. The molecule has 3 nitrogen and oxygen atoms in total. The number of rotatable bonds is 3. The lowest BCUT2D eigenvalue weighted by Gasteiger charge is -2.05. The molecule has 0 aliphatic carbocycles. The minimum Gasteiger partial charge on any atom is -0.379 e. The predicted octanol–water partition coefficient (Wildman–Crippen LogP) is 4.18. The van der Waals surface area contributed by atoms with Gasteiger partial charge in [-0.05, 0) is 35.8 Å². The van der Waals surface area contributed by atoms with Crippen LogP contribution in [0.25, 0.3) is 0 Å². The molecule has 0 aliphatic heterocycles. The highest BCUT2D eigenvalue weighted by molar-refractivity contribution is 9.10. The van der Waals surface area contributed by atoms with Gasteiger partial charge in [0.25, 0.3) is 0 Å². The van der Waals surface area contributed by atoms with E-state index in [1.807, 2.05) is 19.9 Å². The lowest BCUT2D eigenvalue weighted by molar-refractivity contribution is 1.10. The van der Waals surface area contributed by atoms with Crippen LogP contribution in [-0.2, 0) is 6.54 Å². The van der Waals surface area contributed by atoms with Crippen molar-refractivity contribution >= 4 is 44.6 Å². The summed E-state index contributed by atoms with van der Waals surface area (Å²) in [5, 5.41) is 4.87. The zero-order chi connectivity index (χ0) is 12.4.